The lowest BCUT2D eigenvalue weighted by molar-refractivity contribution is -0.0542. The number of carbonyl (C=O) groups excluding carboxylic acids is 1. The molecule has 3 fully saturated rings. The van der Waals surface area contributed by atoms with Crippen molar-refractivity contribution in [1.82, 2.24) is 0 Å². The summed E-state index contributed by atoms with van der Waals surface area (Å²) in [6.45, 7) is 3.29. The topological polar surface area (TPSA) is 39.4 Å². The van der Waals surface area contributed by atoms with E-state index in [1.165, 1.54) is 62.5 Å². The molecule has 1 aromatic heterocycles. The van der Waals surface area contributed by atoms with Crippen molar-refractivity contribution in [3.8, 4) is 0 Å². The average molecular weight is 459 g/mol. The molecule has 0 aliphatic heterocycles. The van der Waals surface area contributed by atoms with Crippen LogP contribution in [-0.4, -0.2) is 12.4 Å². The summed E-state index contributed by atoms with van der Waals surface area (Å²) in [7, 11) is 0. The van der Waals surface area contributed by atoms with Crippen molar-refractivity contribution in [1.29, 1.82) is 0 Å². The molecule has 7 atom stereocenters. The van der Waals surface area contributed by atoms with Crippen LogP contribution in [0.1, 0.15) is 80.0 Å². The number of carbonyl (C=O) groups is 1. The first-order valence-corrected chi connectivity index (χ1v) is 13.5. The molecule has 4 aliphatic rings. The molecular formula is C31H38O3. The van der Waals surface area contributed by atoms with Gasteiger partial charge in [0.05, 0.1) is 19.0 Å². The van der Waals surface area contributed by atoms with Gasteiger partial charge in [0.15, 0.2) is 12.0 Å². The fraction of sp³-hybridized carbons (Fsp3) is 0.581. The third-order valence-electron chi connectivity index (χ3n) is 10.1. The zero-order valence-corrected chi connectivity index (χ0v) is 20.5. The molecule has 0 amide bonds. The number of aldehydes is 1. The second-order valence-electron chi connectivity index (χ2n) is 11.7. The van der Waals surface area contributed by atoms with Crippen molar-refractivity contribution in [3.05, 3.63) is 71.2 Å². The zero-order valence-electron chi connectivity index (χ0n) is 20.5. The Hall–Kier alpha value is -2.13. The van der Waals surface area contributed by atoms with Gasteiger partial charge in [0.25, 0.3) is 0 Å². The number of benzene rings is 1. The van der Waals surface area contributed by atoms with Crippen molar-refractivity contribution in [2.24, 2.45) is 35.0 Å². The Kier molecular flexibility index (Phi) is 6.01. The maximum absolute atomic E-state index is 11.0. The van der Waals surface area contributed by atoms with Crippen LogP contribution in [0.4, 0.5) is 0 Å². The lowest BCUT2D eigenvalue weighted by atomic mass is 9.51. The van der Waals surface area contributed by atoms with E-state index in [9.17, 15) is 4.79 Å². The summed E-state index contributed by atoms with van der Waals surface area (Å²) >= 11 is 0. The quantitative estimate of drug-likeness (QED) is 0.334. The summed E-state index contributed by atoms with van der Waals surface area (Å²) in [4.78, 5) is 11.0. The molecule has 0 spiro atoms. The second-order valence-corrected chi connectivity index (χ2v) is 11.7. The molecule has 0 N–H and O–H groups in total. The number of rotatable bonds is 6. The van der Waals surface area contributed by atoms with E-state index < -0.39 is 0 Å². The number of furan rings is 1. The lowest BCUT2D eigenvalue weighted by Crippen LogP contribution is -2.46. The van der Waals surface area contributed by atoms with Gasteiger partial charge in [0.2, 0.25) is 0 Å². The summed E-state index contributed by atoms with van der Waals surface area (Å²) in [6, 6.07) is 12.6. The van der Waals surface area contributed by atoms with Crippen LogP contribution in [-0.2, 0) is 17.8 Å². The minimum Gasteiger partial charge on any atom is -0.461 e. The van der Waals surface area contributed by atoms with Crippen LogP contribution in [0.2, 0.25) is 0 Å². The van der Waals surface area contributed by atoms with Crippen LogP contribution in [0, 0.1) is 35.0 Å². The van der Waals surface area contributed by atoms with E-state index in [0.29, 0.717) is 23.2 Å². The Morgan fingerprint density at radius 3 is 2.76 bits per heavy atom. The van der Waals surface area contributed by atoms with Gasteiger partial charge in [-0.3, -0.25) is 4.79 Å². The van der Waals surface area contributed by atoms with Crippen LogP contribution in [0.15, 0.2) is 58.7 Å². The Morgan fingerprint density at radius 1 is 1.06 bits per heavy atom. The summed E-state index contributed by atoms with van der Waals surface area (Å²) in [5, 5.41) is 0. The van der Waals surface area contributed by atoms with Gasteiger partial charge < -0.3 is 9.15 Å². The molecule has 7 unspecified atom stereocenters. The van der Waals surface area contributed by atoms with Gasteiger partial charge in [-0.15, -0.1) is 0 Å². The first kappa shape index (κ1) is 22.3. The Balaban J connectivity index is 1.09. The van der Waals surface area contributed by atoms with Crippen molar-refractivity contribution in [2.75, 3.05) is 0 Å². The van der Waals surface area contributed by atoms with E-state index in [2.05, 4.69) is 43.3 Å². The predicted octanol–water partition coefficient (Wildman–Crippen LogP) is 7.41. The molecule has 1 heterocycles. The summed E-state index contributed by atoms with van der Waals surface area (Å²) in [5.74, 6) is 4.51. The number of hydrogen-bond acceptors (Lipinski definition) is 3. The molecular weight excluding hydrogens is 420 g/mol. The van der Waals surface area contributed by atoms with Gasteiger partial charge in [-0.2, -0.15) is 0 Å². The molecule has 0 radical (unpaired) electrons. The van der Waals surface area contributed by atoms with Crippen LogP contribution in [0.25, 0.3) is 0 Å². The average Bonchev–Trinajstić information content (AvgIpc) is 3.47. The number of ether oxygens (including phenoxy) is 1. The normalized spacial score (nSPS) is 36.8. The molecule has 34 heavy (non-hydrogen) atoms. The maximum atomic E-state index is 11.0. The molecule has 2 aromatic rings. The largest absolute Gasteiger partial charge is 0.461 e. The highest BCUT2D eigenvalue weighted by Gasteiger charge is 2.53. The molecule has 3 saturated carbocycles. The SMILES string of the molecule is CC12CCC3C(CCC4CC(OCc5ccccc5)CCC43)C1=CCC2Cc1coc(C=O)c1. The summed E-state index contributed by atoms with van der Waals surface area (Å²) in [6.07, 6.45) is 17.2. The minimum atomic E-state index is 0.322. The zero-order chi connectivity index (χ0) is 23.1. The standard InChI is InChI=1S/C31H38O3/c1-31-14-13-28-27-11-9-25(33-19-21-5-3-2-4-6-21)17-23(27)7-10-29(28)30(31)12-8-24(31)15-22-16-26(18-32)34-20-22/h2-6,12,16,18,20,23-25,27-29H,7-11,13-15,17,19H2,1H3. The number of hydrogen-bond donors (Lipinski definition) is 0. The molecule has 6 rings (SSSR count). The van der Waals surface area contributed by atoms with Gasteiger partial charge in [-0.1, -0.05) is 48.9 Å². The third kappa shape index (κ3) is 4.00. The van der Waals surface area contributed by atoms with Crippen molar-refractivity contribution >= 4 is 6.29 Å². The fourth-order valence-corrected chi connectivity index (χ4v) is 8.33. The van der Waals surface area contributed by atoms with Gasteiger partial charge >= 0.3 is 0 Å². The maximum Gasteiger partial charge on any atom is 0.185 e. The number of fused-ring (bicyclic) bond motifs is 5. The van der Waals surface area contributed by atoms with Crippen LogP contribution < -0.4 is 0 Å². The van der Waals surface area contributed by atoms with Crippen molar-refractivity contribution < 1.29 is 13.9 Å². The summed E-state index contributed by atoms with van der Waals surface area (Å²) in [5.41, 5.74) is 4.58. The molecule has 180 valence electrons. The molecule has 4 aliphatic carbocycles. The summed E-state index contributed by atoms with van der Waals surface area (Å²) < 4.78 is 11.8. The monoisotopic (exact) mass is 458 g/mol. The van der Waals surface area contributed by atoms with Crippen molar-refractivity contribution in [2.45, 2.75) is 77.4 Å². The Bertz CT molecular complexity index is 1040. The molecule has 3 heteroatoms. The van der Waals surface area contributed by atoms with Crippen LogP contribution >= 0.6 is 0 Å². The predicted molar refractivity (Wildman–Crippen MR) is 133 cm³/mol. The van der Waals surface area contributed by atoms with Crippen LogP contribution in [0.3, 0.4) is 0 Å². The highest BCUT2D eigenvalue weighted by Crippen LogP contribution is 2.62. The number of allylic oxidation sites excluding steroid dienone is 2. The fourth-order valence-electron chi connectivity index (χ4n) is 8.33. The molecule has 0 saturated heterocycles. The molecule has 3 nitrogen and oxygen atoms in total. The van der Waals surface area contributed by atoms with E-state index in [1.54, 1.807) is 11.8 Å². The van der Waals surface area contributed by atoms with Gasteiger partial charge in [-0.05, 0) is 110 Å². The third-order valence-corrected chi connectivity index (χ3v) is 10.1. The molecule has 1 aromatic carbocycles. The van der Waals surface area contributed by atoms with Gasteiger partial charge in [0, 0.05) is 0 Å². The van der Waals surface area contributed by atoms with E-state index in [1.807, 2.05) is 6.07 Å². The van der Waals surface area contributed by atoms with Crippen molar-refractivity contribution in [3.63, 3.8) is 0 Å². The smallest absolute Gasteiger partial charge is 0.185 e. The first-order valence-electron chi connectivity index (χ1n) is 13.5. The van der Waals surface area contributed by atoms with Gasteiger partial charge in [-0.25, -0.2) is 0 Å². The Morgan fingerprint density at radius 2 is 1.94 bits per heavy atom. The van der Waals surface area contributed by atoms with Gasteiger partial charge in [0.1, 0.15) is 0 Å². The Labute approximate surface area is 204 Å². The van der Waals surface area contributed by atoms with E-state index >= 15 is 0 Å². The van der Waals surface area contributed by atoms with E-state index in [-0.39, 0.29) is 0 Å². The minimum absolute atomic E-state index is 0.322. The van der Waals surface area contributed by atoms with E-state index in [4.69, 9.17) is 9.15 Å². The lowest BCUT2D eigenvalue weighted by Gasteiger charge is -2.54. The van der Waals surface area contributed by atoms with E-state index in [0.717, 1.165) is 43.0 Å². The first-order chi connectivity index (χ1) is 16.6. The van der Waals surface area contributed by atoms with Crippen LogP contribution in [0.5, 0.6) is 0 Å². The highest BCUT2D eigenvalue weighted by molar-refractivity contribution is 5.70. The molecule has 0 bridgehead atoms. The highest BCUT2D eigenvalue weighted by atomic mass is 16.5. The second kappa shape index (κ2) is 9.15.